The van der Waals surface area contributed by atoms with Gasteiger partial charge in [-0.1, -0.05) is 6.07 Å². The summed E-state index contributed by atoms with van der Waals surface area (Å²) >= 11 is 1.26. The molecule has 0 unspecified atom stereocenters. The lowest BCUT2D eigenvalue weighted by Gasteiger charge is -2.07. The number of benzene rings is 1. The average molecular weight is 275 g/mol. The predicted molar refractivity (Wildman–Crippen MR) is 75.3 cm³/mol. The van der Waals surface area contributed by atoms with Crippen LogP contribution in [0.2, 0.25) is 0 Å². The molecular weight excluding hydrogens is 262 g/mol. The van der Waals surface area contributed by atoms with Gasteiger partial charge in [0, 0.05) is 17.3 Å². The number of thiazole rings is 1. The summed E-state index contributed by atoms with van der Waals surface area (Å²) in [5, 5.41) is 7.11. The van der Waals surface area contributed by atoms with Crippen LogP contribution in [0.15, 0.2) is 29.8 Å². The van der Waals surface area contributed by atoms with E-state index in [0.29, 0.717) is 10.8 Å². The Bertz CT molecular complexity index is 588. The van der Waals surface area contributed by atoms with Gasteiger partial charge in [0.15, 0.2) is 5.13 Å². The maximum Gasteiger partial charge on any atom is 0.315 e. The van der Waals surface area contributed by atoms with Crippen LogP contribution in [-0.2, 0) is 9.59 Å². The number of carbonyl (C=O) groups excluding carboxylic acids is 2. The zero-order valence-electron chi connectivity index (χ0n) is 10.6. The van der Waals surface area contributed by atoms with Gasteiger partial charge in [-0.15, -0.1) is 11.3 Å². The molecule has 0 aliphatic carbocycles. The molecule has 0 saturated carbocycles. The van der Waals surface area contributed by atoms with Crippen LogP contribution in [0, 0.1) is 13.8 Å². The summed E-state index contributed by atoms with van der Waals surface area (Å²) in [5.74, 6) is -1.44. The van der Waals surface area contributed by atoms with E-state index in [-0.39, 0.29) is 0 Å². The highest BCUT2D eigenvalue weighted by atomic mass is 32.1. The summed E-state index contributed by atoms with van der Waals surface area (Å²) in [5.41, 5.74) is 2.66. The van der Waals surface area contributed by atoms with Crippen molar-refractivity contribution in [2.24, 2.45) is 0 Å². The molecule has 1 aromatic carbocycles. The summed E-state index contributed by atoms with van der Waals surface area (Å²) < 4.78 is 0. The number of hydrogen-bond acceptors (Lipinski definition) is 4. The fourth-order valence-corrected chi connectivity index (χ4v) is 2.20. The molecule has 1 aromatic heterocycles. The van der Waals surface area contributed by atoms with E-state index < -0.39 is 11.8 Å². The SMILES string of the molecule is Cc1cc(C)cc(NC(=O)C(=O)Nc2nccs2)c1. The Morgan fingerprint density at radius 1 is 1.05 bits per heavy atom. The number of aryl methyl sites for hydroxylation is 2. The van der Waals surface area contributed by atoms with Crippen LogP contribution >= 0.6 is 11.3 Å². The molecule has 98 valence electrons. The minimum absolute atomic E-state index is 0.403. The van der Waals surface area contributed by atoms with Crippen LogP contribution in [-0.4, -0.2) is 16.8 Å². The van der Waals surface area contributed by atoms with Gasteiger partial charge in [0.05, 0.1) is 0 Å². The number of nitrogens with zero attached hydrogens (tertiary/aromatic N) is 1. The minimum atomic E-state index is -0.728. The van der Waals surface area contributed by atoms with Crippen molar-refractivity contribution in [3.8, 4) is 0 Å². The fourth-order valence-electron chi connectivity index (χ4n) is 1.67. The predicted octanol–water partition coefficient (Wildman–Crippen LogP) is 2.34. The molecule has 2 amide bonds. The van der Waals surface area contributed by atoms with Gasteiger partial charge in [0.1, 0.15) is 0 Å². The number of hydrogen-bond donors (Lipinski definition) is 2. The quantitative estimate of drug-likeness (QED) is 0.826. The zero-order valence-corrected chi connectivity index (χ0v) is 11.4. The Labute approximate surface area is 114 Å². The topological polar surface area (TPSA) is 71.1 Å². The highest BCUT2D eigenvalue weighted by Gasteiger charge is 2.15. The maximum atomic E-state index is 11.7. The highest BCUT2D eigenvalue weighted by Crippen LogP contribution is 2.14. The number of rotatable bonds is 2. The smallest absolute Gasteiger partial charge is 0.315 e. The second-order valence-corrected chi connectivity index (χ2v) is 5.02. The lowest BCUT2D eigenvalue weighted by molar-refractivity contribution is -0.132. The Morgan fingerprint density at radius 2 is 1.68 bits per heavy atom. The van der Waals surface area contributed by atoms with Crippen molar-refractivity contribution in [3.05, 3.63) is 40.9 Å². The van der Waals surface area contributed by atoms with E-state index in [4.69, 9.17) is 0 Å². The monoisotopic (exact) mass is 275 g/mol. The van der Waals surface area contributed by atoms with Gasteiger partial charge < -0.3 is 5.32 Å². The van der Waals surface area contributed by atoms with Crippen molar-refractivity contribution in [1.82, 2.24) is 4.98 Å². The molecule has 0 radical (unpaired) electrons. The van der Waals surface area contributed by atoms with E-state index in [0.717, 1.165) is 11.1 Å². The van der Waals surface area contributed by atoms with Gasteiger partial charge in [-0.05, 0) is 37.1 Å². The van der Waals surface area contributed by atoms with Crippen molar-refractivity contribution in [2.45, 2.75) is 13.8 Å². The van der Waals surface area contributed by atoms with Gasteiger partial charge >= 0.3 is 11.8 Å². The molecule has 2 rings (SSSR count). The Kier molecular flexibility index (Phi) is 3.91. The van der Waals surface area contributed by atoms with E-state index in [1.54, 1.807) is 11.6 Å². The first-order valence-corrected chi connectivity index (χ1v) is 6.52. The Morgan fingerprint density at radius 3 is 2.26 bits per heavy atom. The summed E-state index contributed by atoms with van der Waals surface area (Å²) in [6.45, 7) is 3.86. The molecule has 2 aromatic rings. The second-order valence-electron chi connectivity index (χ2n) is 4.12. The van der Waals surface area contributed by atoms with Crippen LogP contribution < -0.4 is 10.6 Å². The Balaban J connectivity index is 2.02. The van der Waals surface area contributed by atoms with Crippen LogP contribution in [0.1, 0.15) is 11.1 Å². The highest BCUT2D eigenvalue weighted by molar-refractivity contribution is 7.13. The molecule has 0 bridgehead atoms. The lowest BCUT2D eigenvalue weighted by atomic mass is 10.1. The molecule has 0 saturated heterocycles. The first-order valence-electron chi connectivity index (χ1n) is 5.65. The number of nitrogens with one attached hydrogen (secondary N) is 2. The van der Waals surface area contributed by atoms with Crippen molar-refractivity contribution in [3.63, 3.8) is 0 Å². The molecule has 0 atom stereocenters. The third-order valence-electron chi connectivity index (χ3n) is 2.34. The van der Waals surface area contributed by atoms with Crippen molar-refractivity contribution >= 4 is 34.0 Å². The number of carbonyl (C=O) groups is 2. The van der Waals surface area contributed by atoms with Gasteiger partial charge in [-0.2, -0.15) is 0 Å². The molecule has 1 heterocycles. The molecule has 5 nitrogen and oxygen atoms in total. The Hall–Kier alpha value is -2.21. The second kappa shape index (κ2) is 5.62. The minimum Gasteiger partial charge on any atom is -0.318 e. The first-order chi connectivity index (χ1) is 9.04. The summed E-state index contributed by atoms with van der Waals surface area (Å²) in [4.78, 5) is 27.2. The van der Waals surface area contributed by atoms with Crippen molar-refractivity contribution < 1.29 is 9.59 Å². The third kappa shape index (κ3) is 3.62. The van der Waals surface area contributed by atoms with Gasteiger partial charge in [-0.25, -0.2) is 4.98 Å². The summed E-state index contributed by atoms with van der Waals surface area (Å²) in [6, 6.07) is 5.61. The molecular formula is C13H13N3O2S. The fraction of sp³-hybridized carbons (Fsp3) is 0.154. The largest absolute Gasteiger partial charge is 0.318 e. The molecule has 0 fully saturated rings. The van der Waals surface area contributed by atoms with Crippen molar-refractivity contribution in [1.29, 1.82) is 0 Å². The van der Waals surface area contributed by atoms with E-state index in [2.05, 4.69) is 15.6 Å². The van der Waals surface area contributed by atoms with Crippen LogP contribution in [0.25, 0.3) is 0 Å². The summed E-state index contributed by atoms with van der Waals surface area (Å²) in [6.07, 6.45) is 1.56. The normalized spacial score (nSPS) is 10.0. The van der Waals surface area contributed by atoms with Gasteiger partial charge in [-0.3, -0.25) is 14.9 Å². The van der Waals surface area contributed by atoms with E-state index >= 15 is 0 Å². The standard InChI is InChI=1S/C13H13N3O2S/c1-8-5-9(2)7-10(6-8)15-11(17)12(18)16-13-14-3-4-19-13/h3-7H,1-2H3,(H,15,17)(H,14,16,18). The number of anilines is 2. The maximum absolute atomic E-state index is 11.7. The van der Waals surface area contributed by atoms with Crippen molar-refractivity contribution in [2.75, 3.05) is 10.6 Å². The molecule has 2 N–H and O–H groups in total. The van der Waals surface area contributed by atoms with Crippen LogP contribution in [0.4, 0.5) is 10.8 Å². The van der Waals surface area contributed by atoms with E-state index in [9.17, 15) is 9.59 Å². The zero-order chi connectivity index (χ0) is 13.8. The van der Waals surface area contributed by atoms with Gasteiger partial charge in [0.25, 0.3) is 0 Å². The molecule has 0 aliphatic rings. The van der Waals surface area contributed by atoms with Crippen LogP contribution in [0.5, 0.6) is 0 Å². The van der Waals surface area contributed by atoms with E-state index in [1.165, 1.54) is 11.3 Å². The average Bonchev–Trinajstić information content (AvgIpc) is 2.80. The molecule has 0 aliphatic heterocycles. The summed E-state index contributed by atoms with van der Waals surface area (Å²) in [7, 11) is 0. The lowest BCUT2D eigenvalue weighted by Crippen LogP contribution is -2.29. The third-order valence-corrected chi connectivity index (χ3v) is 3.03. The number of aromatic nitrogens is 1. The molecule has 19 heavy (non-hydrogen) atoms. The van der Waals surface area contributed by atoms with Crippen LogP contribution in [0.3, 0.4) is 0 Å². The molecule has 6 heteroatoms. The number of amides is 2. The van der Waals surface area contributed by atoms with E-state index in [1.807, 2.05) is 32.0 Å². The van der Waals surface area contributed by atoms with Gasteiger partial charge in [0.2, 0.25) is 0 Å². The molecule has 0 spiro atoms. The first kappa shape index (κ1) is 13.2.